The van der Waals surface area contributed by atoms with Crippen molar-refractivity contribution in [2.24, 2.45) is 7.05 Å². The Bertz CT molecular complexity index is 464. The van der Waals surface area contributed by atoms with Crippen molar-refractivity contribution in [2.45, 2.75) is 25.9 Å². The second-order valence-electron chi connectivity index (χ2n) is 4.74. The number of hydrogen-bond donors (Lipinski definition) is 1. The van der Waals surface area contributed by atoms with Crippen LogP contribution in [0.4, 0.5) is 0 Å². The number of hydrogen-bond acceptors (Lipinski definition) is 3. The molecule has 1 aromatic rings. The lowest BCUT2D eigenvalue weighted by Gasteiger charge is -2.40. The van der Waals surface area contributed by atoms with Crippen molar-refractivity contribution in [3.63, 3.8) is 0 Å². The highest BCUT2D eigenvalue weighted by Gasteiger charge is 2.41. The summed E-state index contributed by atoms with van der Waals surface area (Å²) in [6.45, 7) is 3.97. The van der Waals surface area contributed by atoms with Crippen molar-refractivity contribution in [1.29, 1.82) is 0 Å². The second-order valence-corrected chi connectivity index (χ2v) is 4.74. The van der Waals surface area contributed by atoms with E-state index in [4.69, 9.17) is 0 Å². The predicted molar refractivity (Wildman–Crippen MR) is 60.8 cm³/mol. The molecule has 0 aliphatic carbocycles. The minimum Gasteiger partial charge on any atom is -0.345 e. The minimum absolute atomic E-state index is 0.0709. The van der Waals surface area contributed by atoms with E-state index in [2.05, 4.69) is 10.4 Å². The number of rotatable bonds is 2. The maximum atomic E-state index is 11.9. The number of nitrogens with one attached hydrogen (secondary N) is 1. The van der Waals surface area contributed by atoms with Gasteiger partial charge in [-0.25, -0.2) is 0 Å². The number of carbonyl (C=O) groups is 2. The van der Waals surface area contributed by atoms with Gasteiger partial charge in [0.05, 0.1) is 12.7 Å². The highest BCUT2D eigenvalue weighted by molar-refractivity contribution is 5.97. The highest BCUT2D eigenvalue weighted by Crippen LogP contribution is 2.21. The smallest absolute Gasteiger partial charge is 0.245 e. The SMILES string of the molecule is Cn1cc(CN2C(=O)CNC(=O)C2(C)C)cn1. The standard InChI is InChI=1S/C11H16N4O2/c1-11(2)10(17)12-5-9(16)15(11)7-8-4-13-14(3)6-8/h4,6H,5,7H2,1-3H3,(H,12,17). The Kier molecular flexibility index (Phi) is 2.65. The summed E-state index contributed by atoms with van der Waals surface area (Å²) in [5, 5.41) is 6.64. The van der Waals surface area contributed by atoms with Crippen molar-refractivity contribution < 1.29 is 9.59 Å². The average Bonchev–Trinajstić information content (AvgIpc) is 2.66. The van der Waals surface area contributed by atoms with E-state index in [0.717, 1.165) is 5.56 Å². The third-order valence-electron chi connectivity index (χ3n) is 3.03. The summed E-state index contributed by atoms with van der Waals surface area (Å²) < 4.78 is 1.68. The van der Waals surface area contributed by atoms with Crippen molar-refractivity contribution in [3.05, 3.63) is 18.0 Å². The molecule has 0 bridgehead atoms. The molecule has 0 aromatic carbocycles. The quantitative estimate of drug-likeness (QED) is 0.763. The summed E-state index contributed by atoms with van der Waals surface area (Å²) in [5.41, 5.74) is 0.106. The van der Waals surface area contributed by atoms with Gasteiger partial charge in [-0.1, -0.05) is 0 Å². The third-order valence-corrected chi connectivity index (χ3v) is 3.03. The monoisotopic (exact) mass is 236 g/mol. The van der Waals surface area contributed by atoms with Gasteiger partial charge in [-0.15, -0.1) is 0 Å². The van der Waals surface area contributed by atoms with Gasteiger partial charge in [-0.3, -0.25) is 14.3 Å². The van der Waals surface area contributed by atoms with E-state index in [9.17, 15) is 9.59 Å². The van der Waals surface area contributed by atoms with Crippen LogP contribution in [0.1, 0.15) is 19.4 Å². The van der Waals surface area contributed by atoms with Crippen molar-refractivity contribution >= 4 is 11.8 Å². The lowest BCUT2D eigenvalue weighted by Crippen LogP contribution is -2.63. The molecule has 1 aliphatic heterocycles. The first-order valence-electron chi connectivity index (χ1n) is 5.47. The molecule has 2 rings (SSSR count). The van der Waals surface area contributed by atoms with Gasteiger partial charge in [0, 0.05) is 25.4 Å². The first-order valence-corrected chi connectivity index (χ1v) is 5.47. The third kappa shape index (κ3) is 2.02. The molecule has 92 valence electrons. The van der Waals surface area contributed by atoms with E-state index in [0.29, 0.717) is 6.54 Å². The maximum Gasteiger partial charge on any atom is 0.245 e. The first-order chi connectivity index (χ1) is 7.91. The Morgan fingerprint density at radius 2 is 2.18 bits per heavy atom. The molecule has 0 atom stereocenters. The van der Waals surface area contributed by atoms with E-state index in [1.807, 2.05) is 13.2 Å². The zero-order valence-corrected chi connectivity index (χ0v) is 10.2. The number of carbonyl (C=O) groups excluding carboxylic acids is 2. The van der Waals surface area contributed by atoms with Crippen molar-refractivity contribution in [2.75, 3.05) is 6.54 Å². The van der Waals surface area contributed by atoms with Gasteiger partial charge in [0.2, 0.25) is 11.8 Å². The summed E-state index contributed by atoms with van der Waals surface area (Å²) in [6.07, 6.45) is 3.55. The van der Waals surface area contributed by atoms with Gasteiger partial charge in [0.15, 0.2) is 0 Å². The zero-order chi connectivity index (χ0) is 12.6. The second kappa shape index (κ2) is 3.87. The summed E-state index contributed by atoms with van der Waals surface area (Å²) in [4.78, 5) is 25.2. The predicted octanol–water partition coefficient (Wildman–Crippen LogP) is -0.343. The van der Waals surface area contributed by atoms with Gasteiger partial charge in [-0.05, 0) is 13.8 Å². The molecule has 0 unspecified atom stereocenters. The van der Waals surface area contributed by atoms with E-state index in [1.54, 1.807) is 29.6 Å². The molecule has 1 N–H and O–H groups in total. The molecular formula is C11H16N4O2. The molecule has 6 heteroatoms. The largest absolute Gasteiger partial charge is 0.345 e. The van der Waals surface area contributed by atoms with Crippen LogP contribution in [0.5, 0.6) is 0 Å². The number of nitrogens with zero attached hydrogens (tertiary/aromatic N) is 3. The summed E-state index contributed by atoms with van der Waals surface area (Å²) in [5.74, 6) is -0.195. The molecular weight excluding hydrogens is 220 g/mol. The molecule has 0 saturated carbocycles. The van der Waals surface area contributed by atoms with Crippen LogP contribution in [-0.4, -0.2) is 38.6 Å². The summed E-state index contributed by atoms with van der Waals surface area (Å²) >= 11 is 0. The van der Waals surface area contributed by atoms with Crippen molar-refractivity contribution in [3.8, 4) is 0 Å². The van der Waals surface area contributed by atoms with E-state index < -0.39 is 5.54 Å². The van der Waals surface area contributed by atoms with Crippen LogP contribution in [0, 0.1) is 0 Å². The van der Waals surface area contributed by atoms with Crippen LogP contribution < -0.4 is 5.32 Å². The zero-order valence-electron chi connectivity index (χ0n) is 10.2. The normalized spacial score (nSPS) is 19.4. The topological polar surface area (TPSA) is 67.2 Å². The lowest BCUT2D eigenvalue weighted by molar-refractivity contribution is -0.152. The Balaban J connectivity index is 2.22. The summed E-state index contributed by atoms with van der Waals surface area (Å²) in [7, 11) is 1.82. The molecule has 0 radical (unpaired) electrons. The van der Waals surface area contributed by atoms with Crippen LogP contribution in [0.2, 0.25) is 0 Å². The molecule has 2 amide bonds. The highest BCUT2D eigenvalue weighted by atomic mass is 16.2. The molecule has 17 heavy (non-hydrogen) atoms. The Morgan fingerprint density at radius 1 is 1.47 bits per heavy atom. The minimum atomic E-state index is -0.814. The Morgan fingerprint density at radius 3 is 2.76 bits per heavy atom. The Labute approximate surface area is 99.6 Å². The molecule has 2 heterocycles. The van der Waals surface area contributed by atoms with Crippen LogP contribution in [0.3, 0.4) is 0 Å². The van der Waals surface area contributed by atoms with Gasteiger partial charge >= 0.3 is 0 Å². The van der Waals surface area contributed by atoms with E-state index in [-0.39, 0.29) is 18.4 Å². The van der Waals surface area contributed by atoms with Crippen LogP contribution in [-0.2, 0) is 23.2 Å². The number of aryl methyl sites for hydroxylation is 1. The molecule has 1 aromatic heterocycles. The van der Waals surface area contributed by atoms with Crippen molar-refractivity contribution in [1.82, 2.24) is 20.0 Å². The lowest BCUT2D eigenvalue weighted by atomic mass is 9.98. The van der Waals surface area contributed by atoms with Gasteiger partial charge in [0.25, 0.3) is 0 Å². The van der Waals surface area contributed by atoms with Crippen LogP contribution in [0.25, 0.3) is 0 Å². The summed E-state index contributed by atoms with van der Waals surface area (Å²) in [6, 6.07) is 0. The molecule has 1 saturated heterocycles. The van der Waals surface area contributed by atoms with Gasteiger partial charge in [0.1, 0.15) is 5.54 Å². The Hall–Kier alpha value is -1.85. The number of piperazine rings is 1. The molecule has 1 fully saturated rings. The maximum absolute atomic E-state index is 11.9. The first kappa shape index (κ1) is 11.6. The molecule has 0 spiro atoms. The van der Waals surface area contributed by atoms with E-state index >= 15 is 0 Å². The van der Waals surface area contributed by atoms with Gasteiger partial charge < -0.3 is 10.2 Å². The van der Waals surface area contributed by atoms with Crippen LogP contribution >= 0.6 is 0 Å². The van der Waals surface area contributed by atoms with E-state index in [1.165, 1.54) is 0 Å². The molecule has 6 nitrogen and oxygen atoms in total. The van der Waals surface area contributed by atoms with Gasteiger partial charge in [-0.2, -0.15) is 5.10 Å². The van der Waals surface area contributed by atoms with Crippen LogP contribution in [0.15, 0.2) is 12.4 Å². The average molecular weight is 236 g/mol. The fraction of sp³-hybridized carbons (Fsp3) is 0.545. The fourth-order valence-corrected chi connectivity index (χ4v) is 1.92. The number of aromatic nitrogens is 2. The molecule has 1 aliphatic rings. The number of amides is 2. The fourth-order valence-electron chi connectivity index (χ4n) is 1.92.